The van der Waals surface area contributed by atoms with Gasteiger partial charge in [0.15, 0.2) is 0 Å². The van der Waals surface area contributed by atoms with Crippen molar-refractivity contribution in [1.29, 1.82) is 0 Å². The largest absolute Gasteiger partial charge is 0.462 e. The molecule has 0 aromatic heterocycles. The van der Waals surface area contributed by atoms with Crippen LogP contribution < -0.4 is 5.32 Å². The van der Waals surface area contributed by atoms with Gasteiger partial charge in [0, 0.05) is 6.42 Å². The number of rotatable bonds is 36. The van der Waals surface area contributed by atoms with Gasteiger partial charge in [-0.05, 0) is 64.2 Å². The Morgan fingerprint density at radius 2 is 1.12 bits per heavy atom. The Labute approximate surface area is 308 Å². The fourth-order valence-corrected chi connectivity index (χ4v) is 6.00. The molecule has 0 rings (SSSR count). The molecule has 0 saturated carbocycles. The highest BCUT2D eigenvalue weighted by Gasteiger charge is 2.24. The number of unbranched alkanes of at least 4 members (excludes halogenated alkanes) is 18. The zero-order valence-corrected chi connectivity index (χ0v) is 32.8. The van der Waals surface area contributed by atoms with Crippen LogP contribution in [0.15, 0.2) is 48.6 Å². The van der Waals surface area contributed by atoms with Crippen molar-refractivity contribution in [2.45, 2.75) is 212 Å². The van der Waals surface area contributed by atoms with E-state index < -0.39 is 18.2 Å². The Hall–Kier alpha value is -2.18. The van der Waals surface area contributed by atoms with Gasteiger partial charge in [-0.3, -0.25) is 9.59 Å². The van der Waals surface area contributed by atoms with Crippen molar-refractivity contribution in [3.05, 3.63) is 48.6 Å². The zero-order chi connectivity index (χ0) is 36.8. The van der Waals surface area contributed by atoms with E-state index in [1.165, 1.54) is 70.6 Å². The SMILES string of the molecule is CC/C=C/C=C/C=C\CCCCCC(CC(=O)NC(CO)C(O)CCCCCCCCCCC)OC(=O)CCCCCCC/C=C\CCCC. The number of hydrogen-bond donors (Lipinski definition) is 3. The van der Waals surface area contributed by atoms with Gasteiger partial charge in [0.1, 0.15) is 6.10 Å². The summed E-state index contributed by atoms with van der Waals surface area (Å²) in [5.41, 5.74) is 0. The van der Waals surface area contributed by atoms with Gasteiger partial charge in [0.2, 0.25) is 5.91 Å². The highest BCUT2D eigenvalue weighted by Crippen LogP contribution is 2.16. The third-order valence-electron chi connectivity index (χ3n) is 9.20. The van der Waals surface area contributed by atoms with Crippen LogP contribution in [0.2, 0.25) is 0 Å². The fraction of sp³-hybridized carbons (Fsp3) is 0.773. The summed E-state index contributed by atoms with van der Waals surface area (Å²) < 4.78 is 5.85. The average Bonchev–Trinajstić information content (AvgIpc) is 3.10. The fourth-order valence-electron chi connectivity index (χ4n) is 6.00. The molecule has 3 unspecified atom stereocenters. The van der Waals surface area contributed by atoms with Crippen LogP contribution in [0.25, 0.3) is 0 Å². The Morgan fingerprint density at radius 3 is 1.76 bits per heavy atom. The van der Waals surface area contributed by atoms with E-state index in [9.17, 15) is 19.8 Å². The number of amides is 1. The van der Waals surface area contributed by atoms with E-state index in [1.54, 1.807) is 0 Å². The first-order valence-electron chi connectivity index (χ1n) is 20.9. The molecule has 0 radical (unpaired) electrons. The molecule has 3 atom stereocenters. The number of esters is 1. The second-order valence-electron chi connectivity index (χ2n) is 14.1. The molecule has 0 fully saturated rings. The highest BCUT2D eigenvalue weighted by atomic mass is 16.5. The molecule has 0 aromatic carbocycles. The topological polar surface area (TPSA) is 95.9 Å². The third kappa shape index (κ3) is 33.0. The Balaban J connectivity index is 4.68. The summed E-state index contributed by atoms with van der Waals surface area (Å²) in [5, 5.41) is 23.5. The first-order valence-corrected chi connectivity index (χ1v) is 20.9. The third-order valence-corrected chi connectivity index (χ3v) is 9.20. The van der Waals surface area contributed by atoms with Crippen LogP contribution in [-0.4, -0.2) is 46.9 Å². The van der Waals surface area contributed by atoms with E-state index in [1.807, 2.05) is 12.2 Å². The molecule has 50 heavy (non-hydrogen) atoms. The van der Waals surface area contributed by atoms with Gasteiger partial charge in [-0.15, -0.1) is 0 Å². The Morgan fingerprint density at radius 1 is 0.600 bits per heavy atom. The molecule has 0 spiro atoms. The molecule has 0 aromatic rings. The van der Waals surface area contributed by atoms with Crippen LogP contribution in [0, 0.1) is 0 Å². The number of hydrogen-bond acceptors (Lipinski definition) is 5. The summed E-state index contributed by atoms with van der Waals surface area (Å²) >= 11 is 0. The van der Waals surface area contributed by atoms with E-state index in [0.717, 1.165) is 77.0 Å². The number of allylic oxidation sites excluding steroid dienone is 8. The average molecular weight is 702 g/mol. The van der Waals surface area contributed by atoms with Gasteiger partial charge < -0.3 is 20.3 Å². The molecule has 0 saturated heterocycles. The first kappa shape index (κ1) is 47.8. The lowest BCUT2D eigenvalue weighted by atomic mass is 10.0. The van der Waals surface area contributed by atoms with Crippen LogP contribution in [0.3, 0.4) is 0 Å². The predicted molar refractivity (Wildman–Crippen MR) is 213 cm³/mol. The first-order chi connectivity index (χ1) is 24.5. The van der Waals surface area contributed by atoms with Crippen molar-refractivity contribution in [2.75, 3.05) is 6.61 Å². The van der Waals surface area contributed by atoms with Crippen molar-refractivity contribution >= 4 is 11.9 Å². The second-order valence-corrected chi connectivity index (χ2v) is 14.1. The van der Waals surface area contributed by atoms with Crippen molar-refractivity contribution < 1.29 is 24.5 Å². The van der Waals surface area contributed by atoms with Crippen LogP contribution in [-0.2, 0) is 14.3 Å². The predicted octanol–water partition coefficient (Wildman–Crippen LogP) is 11.6. The molecule has 0 aliphatic rings. The molecule has 290 valence electrons. The molecule has 0 heterocycles. The van der Waals surface area contributed by atoms with Crippen molar-refractivity contribution in [3.63, 3.8) is 0 Å². The summed E-state index contributed by atoms with van der Waals surface area (Å²) in [4.78, 5) is 25.8. The van der Waals surface area contributed by atoms with Crippen LogP contribution in [0.5, 0.6) is 0 Å². The Kier molecular flexibility index (Phi) is 36.4. The molecule has 0 bridgehead atoms. The lowest BCUT2D eigenvalue weighted by Crippen LogP contribution is -2.46. The van der Waals surface area contributed by atoms with Crippen LogP contribution in [0.1, 0.15) is 194 Å². The standard InChI is InChI=1S/C44H79NO5/c1-4-7-10-13-16-19-21-24-26-29-32-35-40(50-44(49)37-34-31-28-25-22-20-17-14-11-8-5-2)38-43(48)45-41(39-46)42(47)36-33-30-27-23-18-15-12-9-6-3/h7,10,13-14,16-17,19,21,40-42,46-47H,4-6,8-9,11-12,15,18,20,22-39H2,1-3H3,(H,45,48)/b10-7+,16-13+,17-14-,21-19-. The molecule has 6 nitrogen and oxygen atoms in total. The lowest BCUT2D eigenvalue weighted by molar-refractivity contribution is -0.151. The summed E-state index contributed by atoms with van der Waals surface area (Å²) in [5.74, 6) is -0.527. The molecule has 0 aliphatic carbocycles. The Bertz CT molecular complexity index is 880. The molecule has 0 aliphatic heterocycles. The summed E-state index contributed by atoms with van der Waals surface area (Å²) in [6.07, 6.45) is 43.2. The van der Waals surface area contributed by atoms with Gasteiger partial charge in [-0.2, -0.15) is 0 Å². The number of carbonyl (C=O) groups excluding carboxylic acids is 2. The normalized spacial score (nSPS) is 13.9. The van der Waals surface area contributed by atoms with Crippen LogP contribution >= 0.6 is 0 Å². The number of aliphatic hydroxyl groups excluding tert-OH is 2. The maximum Gasteiger partial charge on any atom is 0.306 e. The minimum Gasteiger partial charge on any atom is -0.462 e. The van der Waals surface area contributed by atoms with Gasteiger partial charge in [0.25, 0.3) is 0 Å². The van der Waals surface area contributed by atoms with Gasteiger partial charge in [-0.25, -0.2) is 0 Å². The number of nitrogens with one attached hydrogen (secondary N) is 1. The number of ether oxygens (including phenoxy) is 1. The molecular weight excluding hydrogens is 622 g/mol. The van der Waals surface area contributed by atoms with E-state index in [0.29, 0.717) is 19.3 Å². The molecule has 6 heteroatoms. The monoisotopic (exact) mass is 702 g/mol. The van der Waals surface area contributed by atoms with E-state index in [-0.39, 0.29) is 24.9 Å². The molecular formula is C44H79NO5. The van der Waals surface area contributed by atoms with Crippen molar-refractivity contribution in [3.8, 4) is 0 Å². The quantitative estimate of drug-likeness (QED) is 0.0261. The minimum absolute atomic E-state index is 0.0503. The summed E-state index contributed by atoms with van der Waals surface area (Å²) in [6, 6.07) is -0.710. The van der Waals surface area contributed by atoms with Gasteiger partial charge >= 0.3 is 5.97 Å². The van der Waals surface area contributed by atoms with Gasteiger partial charge in [-0.1, -0.05) is 166 Å². The van der Waals surface area contributed by atoms with Crippen molar-refractivity contribution in [2.24, 2.45) is 0 Å². The smallest absolute Gasteiger partial charge is 0.306 e. The maximum absolute atomic E-state index is 13.0. The van der Waals surface area contributed by atoms with E-state index >= 15 is 0 Å². The maximum atomic E-state index is 13.0. The zero-order valence-electron chi connectivity index (χ0n) is 32.8. The molecule has 3 N–H and O–H groups in total. The van der Waals surface area contributed by atoms with Gasteiger partial charge in [0.05, 0.1) is 25.2 Å². The van der Waals surface area contributed by atoms with E-state index in [2.05, 4.69) is 62.5 Å². The lowest BCUT2D eigenvalue weighted by Gasteiger charge is -2.24. The molecule has 1 amide bonds. The number of aliphatic hydroxyl groups is 2. The highest BCUT2D eigenvalue weighted by molar-refractivity contribution is 5.77. The second kappa shape index (κ2) is 38.1. The van der Waals surface area contributed by atoms with E-state index in [4.69, 9.17) is 4.74 Å². The van der Waals surface area contributed by atoms with Crippen LogP contribution in [0.4, 0.5) is 0 Å². The summed E-state index contributed by atoms with van der Waals surface area (Å²) in [6.45, 7) is 6.25. The summed E-state index contributed by atoms with van der Waals surface area (Å²) in [7, 11) is 0. The minimum atomic E-state index is -0.794. The number of carbonyl (C=O) groups is 2. The van der Waals surface area contributed by atoms with Crippen molar-refractivity contribution in [1.82, 2.24) is 5.32 Å².